The fourth-order valence-electron chi connectivity index (χ4n) is 2.92. The van der Waals surface area contributed by atoms with Gasteiger partial charge in [-0.3, -0.25) is 4.79 Å². The monoisotopic (exact) mass is 358 g/mol. The van der Waals surface area contributed by atoms with Gasteiger partial charge in [-0.1, -0.05) is 18.2 Å². The summed E-state index contributed by atoms with van der Waals surface area (Å²) in [5.74, 6) is -2.80. The van der Waals surface area contributed by atoms with E-state index in [0.29, 0.717) is 12.8 Å². The van der Waals surface area contributed by atoms with E-state index >= 15 is 0 Å². The van der Waals surface area contributed by atoms with Crippen molar-refractivity contribution in [1.82, 2.24) is 14.8 Å². The molecule has 0 atom stereocenters. The molecule has 1 N–H and O–H groups in total. The number of hydrogen-bond acceptors (Lipinski definition) is 3. The zero-order chi connectivity index (χ0) is 18.3. The third-order valence-corrected chi connectivity index (χ3v) is 4.45. The summed E-state index contributed by atoms with van der Waals surface area (Å²) in [7, 11) is 0. The number of anilines is 1. The topological polar surface area (TPSA) is 59.8 Å². The second-order valence-corrected chi connectivity index (χ2v) is 6.12. The number of pyridine rings is 1. The molecule has 0 radical (unpaired) electrons. The molecule has 1 aliphatic carbocycles. The number of rotatable bonds is 4. The Labute approximate surface area is 146 Å². The first-order chi connectivity index (χ1) is 12.5. The average molecular weight is 358 g/mol. The molecule has 132 valence electrons. The largest absolute Gasteiger partial charge is 0.306 e. The third kappa shape index (κ3) is 2.73. The van der Waals surface area contributed by atoms with E-state index in [-0.39, 0.29) is 17.1 Å². The van der Waals surface area contributed by atoms with Crippen LogP contribution in [0.3, 0.4) is 0 Å². The molecule has 1 amide bonds. The highest BCUT2D eigenvalue weighted by Gasteiger charge is 2.53. The standard InChI is InChI=1S/C18H13F3N4O/c19-13-4-2-1-3-12(13)18(6-7-18)17(26)23-16-14(20)10-25(24-16)11-5-8-22-15(21)9-11/h1-5,8-10H,6-7H2,(H,23,24,26). The van der Waals surface area contributed by atoms with E-state index in [1.165, 1.54) is 18.3 Å². The molecule has 1 aromatic carbocycles. The zero-order valence-corrected chi connectivity index (χ0v) is 13.4. The number of halogens is 3. The van der Waals surface area contributed by atoms with Gasteiger partial charge in [-0.25, -0.2) is 18.4 Å². The maximum Gasteiger partial charge on any atom is 0.236 e. The van der Waals surface area contributed by atoms with Gasteiger partial charge in [0.05, 0.1) is 17.3 Å². The van der Waals surface area contributed by atoms with E-state index in [9.17, 15) is 18.0 Å². The van der Waals surface area contributed by atoms with Gasteiger partial charge in [-0.2, -0.15) is 4.39 Å². The van der Waals surface area contributed by atoms with Crippen molar-refractivity contribution in [1.29, 1.82) is 0 Å². The molecule has 1 saturated carbocycles. The van der Waals surface area contributed by atoms with Crippen molar-refractivity contribution in [3.8, 4) is 5.69 Å². The van der Waals surface area contributed by atoms with Crippen molar-refractivity contribution in [2.24, 2.45) is 0 Å². The number of benzene rings is 1. The minimum atomic E-state index is -1.01. The maximum absolute atomic E-state index is 14.2. The highest BCUT2D eigenvalue weighted by Crippen LogP contribution is 2.49. The van der Waals surface area contributed by atoms with E-state index < -0.39 is 28.9 Å². The first-order valence-corrected chi connectivity index (χ1v) is 7.93. The van der Waals surface area contributed by atoms with E-state index in [4.69, 9.17) is 0 Å². The van der Waals surface area contributed by atoms with Gasteiger partial charge in [0.15, 0.2) is 11.6 Å². The Morgan fingerprint density at radius 1 is 1.12 bits per heavy atom. The lowest BCUT2D eigenvalue weighted by Crippen LogP contribution is -2.29. The molecule has 0 bridgehead atoms. The van der Waals surface area contributed by atoms with Crippen LogP contribution in [0.15, 0.2) is 48.8 Å². The average Bonchev–Trinajstić information content (AvgIpc) is 3.35. The summed E-state index contributed by atoms with van der Waals surface area (Å²) in [4.78, 5) is 16.1. The Balaban J connectivity index is 1.60. The Morgan fingerprint density at radius 2 is 1.88 bits per heavy atom. The summed E-state index contributed by atoms with van der Waals surface area (Å²) in [6.07, 6.45) is 3.18. The van der Waals surface area contributed by atoms with Crippen molar-refractivity contribution < 1.29 is 18.0 Å². The maximum atomic E-state index is 14.2. The first kappa shape index (κ1) is 16.3. The predicted octanol–water partition coefficient (Wildman–Crippen LogP) is 3.35. The number of nitrogens with one attached hydrogen (secondary N) is 1. The number of nitrogens with zero attached hydrogens (tertiary/aromatic N) is 3. The molecule has 0 spiro atoms. The molecule has 2 heterocycles. The Kier molecular flexibility index (Phi) is 3.75. The van der Waals surface area contributed by atoms with Crippen LogP contribution >= 0.6 is 0 Å². The lowest BCUT2D eigenvalue weighted by Gasteiger charge is -2.15. The Morgan fingerprint density at radius 3 is 2.58 bits per heavy atom. The van der Waals surface area contributed by atoms with Crippen LogP contribution in [0.1, 0.15) is 18.4 Å². The highest BCUT2D eigenvalue weighted by atomic mass is 19.1. The molecular formula is C18H13F3N4O. The summed E-state index contributed by atoms with van der Waals surface area (Å²) in [5.41, 5.74) is -0.467. The predicted molar refractivity (Wildman–Crippen MR) is 87.2 cm³/mol. The summed E-state index contributed by atoms with van der Waals surface area (Å²) in [6, 6.07) is 8.57. The first-order valence-electron chi connectivity index (χ1n) is 7.93. The summed E-state index contributed by atoms with van der Waals surface area (Å²) in [6.45, 7) is 0. The molecule has 26 heavy (non-hydrogen) atoms. The van der Waals surface area contributed by atoms with Gasteiger partial charge >= 0.3 is 0 Å². The smallest absolute Gasteiger partial charge is 0.236 e. The van der Waals surface area contributed by atoms with Gasteiger partial charge < -0.3 is 5.32 Å². The molecular weight excluding hydrogens is 345 g/mol. The highest BCUT2D eigenvalue weighted by molar-refractivity contribution is 6.01. The van der Waals surface area contributed by atoms with Crippen LogP contribution in [0, 0.1) is 17.6 Å². The molecule has 8 heteroatoms. The van der Waals surface area contributed by atoms with E-state index in [0.717, 1.165) is 16.9 Å². The van der Waals surface area contributed by atoms with Crippen molar-refractivity contribution >= 4 is 11.7 Å². The molecule has 1 aliphatic rings. The van der Waals surface area contributed by atoms with Crippen LogP contribution in [-0.2, 0) is 10.2 Å². The minimum Gasteiger partial charge on any atom is -0.306 e. The summed E-state index contributed by atoms with van der Waals surface area (Å²) < 4.78 is 42.5. The molecule has 0 aliphatic heterocycles. The fraction of sp³-hybridized carbons (Fsp3) is 0.167. The summed E-state index contributed by atoms with van der Waals surface area (Å²) >= 11 is 0. The SMILES string of the molecule is O=C(Nc1nn(-c2ccnc(F)c2)cc1F)C1(c2ccccc2F)CC1. The number of hydrogen-bond donors (Lipinski definition) is 1. The van der Waals surface area contributed by atoms with E-state index in [2.05, 4.69) is 15.4 Å². The van der Waals surface area contributed by atoms with E-state index in [1.54, 1.807) is 18.2 Å². The van der Waals surface area contributed by atoms with Crippen molar-refractivity contribution in [2.75, 3.05) is 5.32 Å². The Hall–Kier alpha value is -3.16. The number of carbonyl (C=O) groups excluding carboxylic acids is 1. The molecule has 3 aromatic rings. The van der Waals surface area contributed by atoms with Gasteiger partial charge in [0, 0.05) is 17.8 Å². The van der Waals surface area contributed by atoms with Crippen LogP contribution < -0.4 is 5.32 Å². The molecule has 4 rings (SSSR count). The third-order valence-electron chi connectivity index (χ3n) is 4.45. The van der Waals surface area contributed by atoms with Crippen LogP contribution in [0.2, 0.25) is 0 Å². The Bertz CT molecular complexity index is 998. The molecule has 0 unspecified atom stereocenters. The molecule has 0 saturated heterocycles. The lowest BCUT2D eigenvalue weighted by atomic mass is 9.94. The second-order valence-electron chi connectivity index (χ2n) is 6.12. The van der Waals surface area contributed by atoms with Crippen molar-refractivity contribution in [2.45, 2.75) is 18.3 Å². The van der Waals surface area contributed by atoms with Crippen molar-refractivity contribution in [3.05, 3.63) is 71.9 Å². The second kappa shape index (κ2) is 5.98. The number of carbonyl (C=O) groups is 1. The fourth-order valence-corrected chi connectivity index (χ4v) is 2.92. The minimum absolute atomic E-state index is 0.257. The van der Waals surface area contributed by atoms with Crippen LogP contribution in [0.5, 0.6) is 0 Å². The van der Waals surface area contributed by atoms with Gasteiger partial charge in [0.2, 0.25) is 11.9 Å². The van der Waals surface area contributed by atoms with Gasteiger partial charge in [0.25, 0.3) is 0 Å². The molecule has 2 aromatic heterocycles. The summed E-state index contributed by atoms with van der Waals surface area (Å²) in [5, 5.41) is 6.36. The van der Waals surface area contributed by atoms with Crippen LogP contribution in [0.4, 0.5) is 19.0 Å². The van der Waals surface area contributed by atoms with Crippen LogP contribution in [0.25, 0.3) is 5.69 Å². The van der Waals surface area contributed by atoms with Crippen LogP contribution in [-0.4, -0.2) is 20.7 Å². The molecule has 5 nitrogen and oxygen atoms in total. The quantitative estimate of drug-likeness (QED) is 0.728. The normalized spacial score (nSPS) is 14.9. The van der Waals surface area contributed by atoms with Gasteiger partial charge in [-0.05, 0) is 25.0 Å². The number of amides is 1. The number of aromatic nitrogens is 3. The van der Waals surface area contributed by atoms with Gasteiger partial charge in [0.1, 0.15) is 5.82 Å². The molecule has 1 fully saturated rings. The van der Waals surface area contributed by atoms with Crippen molar-refractivity contribution in [3.63, 3.8) is 0 Å². The zero-order valence-electron chi connectivity index (χ0n) is 13.4. The van der Waals surface area contributed by atoms with Gasteiger partial charge in [-0.15, -0.1) is 5.10 Å². The van der Waals surface area contributed by atoms with E-state index in [1.807, 2.05) is 0 Å². The lowest BCUT2D eigenvalue weighted by molar-refractivity contribution is -0.118.